The minimum absolute atomic E-state index is 0.198. The number of benzene rings is 2. The first-order chi connectivity index (χ1) is 11.7. The lowest BCUT2D eigenvalue weighted by Gasteiger charge is -2.03. The van der Waals surface area contributed by atoms with Gasteiger partial charge in [0, 0.05) is 18.1 Å². The van der Waals surface area contributed by atoms with Crippen LogP contribution in [0, 0.1) is 6.92 Å². The van der Waals surface area contributed by atoms with Crippen LogP contribution in [0.3, 0.4) is 0 Å². The molecular weight excluding hydrogens is 318 g/mol. The molecule has 2 heterocycles. The molecule has 0 spiro atoms. The van der Waals surface area contributed by atoms with Gasteiger partial charge in [0.2, 0.25) is 0 Å². The molecule has 0 fully saturated rings. The van der Waals surface area contributed by atoms with Gasteiger partial charge in [0.05, 0.1) is 4.88 Å². The molecule has 0 bridgehead atoms. The van der Waals surface area contributed by atoms with Crippen LogP contribution in [0.2, 0.25) is 0 Å². The smallest absolute Gasteiger partial charge is 0.275 e. The monoisotopic (exact) mass is 333 g/mol. The number of carbonyl (C=O) groups excluding carboxylic acids is 1. The first-order valence-electron chi connectivity index (χ1n) is 7.61. The SMILES string of the molecule is Cc1ccc(NC(=O)c2cn3cc(-c4ccccc4)sc3n2)cc1. The molecule has 118 valence electrons. The Morgan fingerprint density at radius 3 is 2.50 bits per heavy atom. The van der Waals surface area contributed by atoms with Crippen LogP contribution in [0.25, 0.3) is 15.4 Å². The van der Waals surface area contributed by atoms with E-state index >= 15 is 0 Å². The van der Waals surface area contributed by atoms with Gasteiger partial charge in [-0.15, -0.1) is 0 Å². The molecule has 1 amide bonds. The van der Waals surface area contributed by atoms with Crippen molar-refractivity contribution in [3.8, 4) is 10.4 Å². The van der Waals surface area contributed by atoms with E-state index in [1.165, 1.54) is 0 Å². The number of amides is 1. The highest BCUT2D eigenvalue weighted by molar-refractivity contribution is 7.20. The van der Waals surface area contributed by atoms with Crippen LogP contribution < -0.4 is 5.32 Å². The first-order valence-corrected chi connectivity index (χ1v) is 8.43. The van der Waals surface area contributed by atoms with Crippen LogP contribution in [0.4, 0.5) is 5.69 Å². The quantitative estimate of drug-likeness (QED) is 0.594. The fourth-order valence-electron chi connectivity index (χ4n) is 2.47. The molecule has 2 aromatic heterocycles. The predicted octanol–water partition coefficient (Wildman–Crippen LogP) is 4.62. The van der Waals surface area contributed by atoms with Crippen LogP contribution in [-0.4, -0.2) is 15.3 Å². The van der Waals surface area contributed by atoms with Crippen LogP contribution in [-0.2, 0) is 0 Å². The van der Waals surface area contributed by atoms with Crippen LogP contribution >= 0.6 is 11.3 Å². The Morgan fingerprint density at radius 2 is 1.79 bits per heavy atom. The van der Waals surface area contributed by atoms with Crippen molar-refractivity contribution in [3.05, 3.63) is 78.2 Å². The second-order valence-electron chi connectivity index (χ2n) is 5.60. The summed E-state index contributed by atoms with van der Waals surface area (Å²) in [4.78, 5) is 18.7. The molecule has 0 saturated carbocycles. The molecule has 0 aliphatic heterocycles. The summed E-state index contributed by atoms with van der Waals surface area (Å²) >= 11 is 1.57. The molecule has 0 radical (unpaired) electrons. The largest absolute Gasteiger partial charge is 0.321 e. The zero-order valence-electron chi connectivity index (χ0n) is 13.1. The number of nitrogens with zero attached hydrogens (tertiary/aromatic N) is 2. The van der Waals surface area contributed by atoms with E-state index < -0.39 is 0 Å². The summed E-state index contributed by atoms with van der Waals surface area (Å²) in [6, 6.07) is 17.9. The third-order valence-corrected chi connectivity index (χ3v) is 4.80. The van der Waals surface area contributed by atoms with Crippen molar-refractivity contribution < 1.29 is 4.79 Å². The molecule has 4 aromatic rings. The van der Waals surface area contributed by atoms with Crippen LogP contribution in [0.1, 0.15) is 16.1 Å². The van der Waals surface area contributed by atoms with E-state index in [1.807, 2.05) is 60.0 Å². The summed E-state index contributed by atoms with van der Waals surface area (Å²) < 4.78 is 1.90. The van der Waals surface area contributed by atoms with Gasteiger partial charge in [0.1, 0.15) is 5.69 Å². The second-order valence-corrected chi connectivity index (χ2v) is 6.61. The summed E-state index contributed by atoms with van der Waals surface area (Å²) in [6.45, 7) is 2.01. The normalized spacial score (nSPS) is 10.9. The summed E-state index contributed by atoms with van der Waals surface area (Å²) in [7, 11) is 0. The molecule has 2 aromatic carbocycles. The van der Waals surface area contributed by atoms with E-state index in [9.17, 15) is 4.79 Å². The Kier molecular flexibility index (Phi) is 3.63. The second kappa shape index (κ2) is 5.94. The van der Waals surface area contributed by atoms with Gasteiger partial charge >= 0.3 is 0 Å². The van der Waals surface area contributed by atoms with E-state index in [0.717, 1.165) is 26.7 Å². The van der Waals surface area contributed by atoms with Crippen molar-refractivity contribution in [3.63, 3.8) is 0 Å². The Hall–Kier alpha value is -2.92. The molecule has 5 heteroatoms. The number of hydrogen-bond acceptors (Lipinski definition) is 3. The molecular formula is C19H15N3OS. The minimum atomic E-state index is -0.198. The lowest BCUT2D eigenvalue weighted by Crippen LogP contribution is -2.12. The Labute approximate surface area is 143 Å². The fourth-order valence-corrected chi connectivity index (χ4v) is 3.44. The third-order valence-electron chi connectivity index (χ3n) is 3.76. The van der Waals surface area contributed by atoms with E-state index in [-0.39, 0.29) is 5.91 Å². The molecule has 0 aliphatic rings. The molecule has 0 aliphatic carbocycles. The van der Waals surface area contributed by atoms with Gasteiger partial charge < -0.3 is 5.32 Å². The van der Waals surface area contributed by atoms with Crippen LogP contribution in [0.15, 0.2) is 67.0 Å². The lowest BCUT2D eigenvalue weighted by molar-refractivity contribution is 0.102. The van der Waals surface area contributed by atoms with Gasteiger partial charge in [-0.3, -0.25) is 9.20 Å². The van der Waals surface area contributed by atoms with Gasteiger partial charge in [-0.2, -0.15) is 0 Å². The highest BCUT2D eigenvalue weighted by atomic mass is 32.1. The zero-order chi connectivity index (χ0) is 16.5. The molecule has 4 nitrogen and oxygen atoms in total. The Balaban J connectivity index is 1.58. The predicted molar refractivity (Wildman–Crippen MR) is 97.6 cm³/mol. The number of imidazole rings is 1. The summed E-state index contributed by atoms with van der Waals surface area (Å²) in [5.74, 6) is -0.198. The Morgan fingerprint density at radius 1 is 1.04 bits per heavy atom. The van der Waals surface area contributed by atoms with Crippen molar-refractivity contribution in [1.82, 2.24) is 9.38 Å². The summed E-state index contributed by atoms with van der Waals surface area (Å²) in [5, 5.41) is 2.87. The van der Waals surface area contributed by atoms with Gasteiger partial charge in [-0.25, -0.2) is 4.98 Å². The van der Waals surface area contributed by atoms with E-state index in [0.29, 0.717) is 5.69 Å². The maximum Gasteiger partial charge on any atom is 0.275 e. The van der Waals surface area contributed by atoms with E-state index in [1.54, 1.807) is 17.5 Å². The van der Waals surface area contributed by atoms with Gasteiger partial charge in [0.25, 0.3) is 5.91 Å². The van der Waals surface area contributed by atoms with Gasteiger partial charge in [0.15, 0.2) is 4.96 Å². The van der Waals surface area contributed by atoms with E-state index in [4.69, 9.17) is 0 Å². The van der Waals surface area contributed by atoms with Gasteiger partial charge in [-0.1, -0.05) is 59.4 Å². The maximum atomic E-state index is 12.3. The maximum absolute atomic E-state index is 12.3. The van der Waals surface area contributed by atoms with Crippen molar-refractivity contribution in [2.24, 2.45) is 0 Å². The highest BCUT2D eigenvalue weighted by Gasteiger charge is 2.13. The number of aromatic nitrogens is 2. The number of rotatable bonds is 3. The van der Waals surface area contributed by atoms with E-state index in [2.05, 4.69) is 22.4 Å². The van der Waals surface area contributed by atoms with Gasteiger partial charge in [-0.05, 0) is 24.6 Å². The molecule has 1 N–H and O–H groups in total. The summed E-state index contributed by atoms with van der Waals surface area (Å²) in [6.07, 6.45) is 3.77. The average Bonchev–Trinajstić information content (AvgIpc) is 3.17. The average molecular weight is 333 g/mol. The Bertz CT molecular complexity index is 969. The number of fused-ring (bicyclic) bond motifs is 1. The van der Waals surface area contributed by atoms with Crippen molar-refractivity contribution in [2.45, 2.75) is 6.92 Å². The summed E-state index contributed by atoms with van der Waals surface area (Å²) in [5.41, 5.74) is 3.50. The minimum Gasteiger partial charge on any atom is -0.321 e. The molecule has 0 saturated heterocycles. The van der Waals surface area contributed by atoms with Crippen molar-refractivity contribution >= 4 is 27.9 Å². The highest BCUT2D eigenvalue weighted by Crippen LogP contribution is 2.28. The standard InChI is InChI=1S/C19H15N3OS/c1-13-7-9-15(10-8-13)20-18(23)16-11-22-12-17(24-19(22)21-16)14-5-3-2-4-6-14/h2-12H,1H3,(H,20,23). The number of nitrogens with one attached hydrogen (secondary N) is 1. The lowest BCUT2D eigenvalue weighted by atomic mass is 10.2. The molecule has 4 rings (SSSR count). The fraction of sp³-hybridized carbons (Fsp3) is 0.0526. The van der Waals surface area contributed by atoms with Crippen molar-refractivity contribution in [2.75, 3.05) is 5.32 Å². The number of carbonyl (C=O) groups is 1. The number of aryl methyl sites for hydroxylation is 1. The first kappa shape index (κ1) is 14.7. The molecule has 0 atom stereocenters. The third kappa shape index (κ3) is 2.81. The van der Waals surface area contributed by atoms with Crippen molar-refractivity contribution in [1.29, 1.82) is 0 Å². The molecule has 24 heavy (non-hydrogen) atoms. The van der Waals surface area contributed by atoms with Crippen LogP contribution in [0.5, 0.6) is 0 Å². The topological polar surface area (TPSA) is 46.4 Å². The number of hydrogen-bond donors (Lipinski definition) is 1. The number of thiazole rings is 1. The molecule has 0 unspecified atom stereocenters. The number of anilines is 1. The zero-order valence-corrected chi connectivity index (χ0v) is 13.9.